The van der Waals surface area contributed by atoms with E-state index in [0.29, 0.717) is 43.3 Å². The molecule has 3 aliphatic heterocycles. The fourth-order valence-electron chi connectivity index (χ4n) is 5.30. The highest BCUT2D eigenvalue weighted by Gasteiger charge is 2.27. The van der Waals surface area contributed by atoms with Crippen LogP contribution in [0.3, 0.4) is 0 Å². The normalized spacial score (nSPS) is 22.7. The van der Waals surface area contributed by atoms with Gasteiger partial charge in [-0.1, -0.05) is 0 Å². The van der Waals surface area contributed by atoms with E-state index in [4.69, 9.17) is 4.74 Å². The van der Waals surface area contributed by atoms with Gasteiger partial charge in [-0.2, -0.15) is 5.10 Å². The Morgan fingerprint density at radius 3 is 2.61 bits per heavy atom. The number of piperidine rings is 2. The standard InChI is InChI=1S/C25H32F2N4O2/c26-24-20(19-15-28-31(17-19)23-6-2-4-14-33-23)7-8-21(25(24)27)29-12-9-18(10-13-29)16-30-11-3-1-5-22(30)32/h7-8,15,17-18,23H,1-6,9-14,16H2. The van der Waals surface area contributed by atoms with Gasteiger partial charge in [0.05, 0.1) is 11.9 Å². The topological polar surface area (TPSA) is 50.6 Å². The van der Waals surface area contributed by atoms with Crippen LogP contribution in [0.2, 0.25) is 0 Å². The van der Waals surface area contributed by atoms with Crippen LogP contribution in [0.1, 0.15) is 57.6 Å². The molecule has 1 aromatic heterocycles. The molecule has 178 valence electrons. The molecule has 3 saturated heterocycles. The van der Waals surface area contributed by atoms with Crippen molar-refractivity contribution in [1.82, 2.24) is 14.7 Å². The van der Waals surface area contributed by atoms with Crippen LogP contribution in [0.25, 0.3) is 11.1 Å². The first kappa shape index (κ1) is 22.3. The van der Waals surface area contributed by atoms with Crippen molar-refractivity contribution in [3.8, 4) is 11.1 Å². The molecule has 33 heavy (non-hydrogen) atoms. The lowest BCUT2D eigenvalue weighted by Crippen LogP contribution is -2.42. The second-order valence-corrected chi connectivity index (χ2v) is 9.52. The van der Waals surface area contributed by atoms with Crippen LogP contribution < -0.4 is 4.90 Å². The maximum atomic E-state index is 15.1. The Labute approximate surface area is 193 Å². The summed E-state index contributed by atoms with van der Waals surface area (Å²) < 4.78 is 37.6. The molecule has 0 radical (unpaired) electrons. The number of aromatic nitrogens is 2. The number of carbonyl (C=O) groups excluding carboxylic acids is 1. The molecule has 1 unspecified atom stereocenters. The summed E-state index contributed by atoms with van der Waals surface area (Å²) in [4.78, 5) is 16.0. The van der Waals surface area contributed by atoms with Gasteiger partial charge in [-0.25, -0.2) is 13.5 Å². The van der Waals surface area contributed by atoms with Crippen LogP contribution in [0.5, 0.6) is 0 Å². The second-order valence-electron chi connectivity index (χ2n) is 9.52. The van der Waals surface area contributed by atoms with Gasteiger partial charge >= 0.3 is 0 Å². The van der Waals surface area contributed by atoms with Crippen molar-refractivity contribution in [1.29, 1.82) is 0 Å². The molecule has 0 saturated carbocycles. The predicted molar refractivity (Wildman–Crippen MR) is 122 cm³/mol. The molecule has 0 aliphatic carbocycles. The van der Waals surface area contributed by atoms with E-state index >= 15 is 8.78 Å². The average Bonchev–Trinajstić information content (AvgIpc) is 3.34. The molecule has 6 nitrogen and oxygen atoms in total. The number of nitrogens with zero attached hydrogens (tertiary/aromatic N) is 4. The highest BCUT2D eigenvalue weighted by molar-refractivity contribution is 5.76. The van der Waals surface area contributed by atoms with Gasteiger partial charge in [0, 0.05) is 56.5 Å². The minimum atomic E-state index is -0.836. The Morgan fingerprint density at radius 2 is 1.85 bits per heavy atom. The van der Waals surface area contributed by atoms with Crippen molar-refractivity contribution in [3.05, 3.63) is 36.2 Å². The molecule has 1 aromatic carbocycles. The first-order chi connectivity index (χ1) is 16.1. The monoisotopic (exact) mass is 458 g/mol. The molecule has 1 amide bonds. The van der Waals surface area contributed by atoms with E-state index in [1.807, 2.05) is 9.80 Å². The van der Waals surface area contributed by atoms with Gasteiger partial charge in [-0.05, 0) is 63.0 Å². The summed E-state index contributed by atoms with van der Waals surface area (Å²) in [6.07, 6.45) is 10.6. The van der Waals surface area contributed by atoms with Gasteiger partial charge in [0.25, 0.3) is 0 Å². The molecule has 1 atom stereocenters. The molecule has 4 heterocycles. The number of ether oxygens (including phenoxy) is 1. The summed E-state index contributed by atoms with van der Waals surface area (Å²) in [7, 11) is 0. The molecule has 3 fully saturated rings. The van der Waals surface area contributed by atoms with Gasteiger partial charge < -0.3 is 14.5 Å². The maximum Gasteiger partial charge on any atom is 0.222 e. The summed E-state index contributed by atoms with van der Waals surface area (Å²) >= 11 is 0. The smallest absolute Gasteiger partial charge is 0.222 e. The summed E-state index contributed by atoms with van der Waals surface area (Å²) in [5.41, 5.74) is 1.08. The highest BCUT2D eigenvalue weighted by atomic mass is 19.2. The van der Waals surface area contributed by atoms with Crippen LogP contribution in [-0.4, -0.2) is 53.4 Å². The summed E-state index contributed by atoms with van der Waals surface area (Å²) in [6.45, 7) is 3.67. The van der Waals surface area contributed by atoms with Gasteiger partial charge in [0.2, 0.25) is 5.91 Å². The van der Waals surface area contributed by atoms with E-state index in [2.05, 4.69) is 5.10 Å². The zero-order chi connectivity index (χ0) is 22.8. The molecular formula is C25H32F2N4O2. The molecule has 0 bridgehead atoms. The molecule has 0 N–H and O–H groups in total. The van der Waals surface area contributed by atoms with Gasteiger partial charge in [-0.3, -0.25) is 4.79 Å². The van der Waals surface area contributed by atoms with Crippen molar-refractivity contribution in [2.45, 2.75) is 57.6 Å². The van der Waals surface area contributed by atoms with Crippen molar-refractivity contribution >= 4 is 11.6 Å². The predicted octanol–water partition coefficient (Wildman–Crippen LogP) is 4.76. The fourth-order valence-corrected chi connectivity index (χ4v) is 5.30. The zero-order valence-electron chi connectivity index (χ0n) is 19.0. The van der Waals surface area contributed by atoms with Crippen LogP contribution >= 0.6 is 0 Å². The first-order valence-corrected chi connectivity index (χ1v) is 12.3. The molecule has 3 aliphatic rings. The van der Waals surface area contributed by atoms with Crippen molar-refractivity contribution < 1.29 is 18.3 Å². The third kappa shape index (κ3) is 4.76. The zero-order valence-corrected chi connectivity index (χ0v) is 19.0. The lowest BCUT2D eigenvalue weighted by molar-refractivity contribution is -0.134. The van der Waals surface area contributed by atoms with E-state index < -0.39 is 11.6 Å². The van der Waals surface area contributed by atoms with E-state index in [1.165, 1.54) is 0 Å². The van der Waals surface area contributed by atoms with Crippen molar-refractivity contribution in [2.24, 2.45) is 5.92 Å². The molecular weight excluding hydrogens is 426 g/mol. The molecule has 2 aromatic rings. The number of anilines is 1. The number of amides is 1. The minimum Gasteiger partial charge on any atom is -0.369 e. The Morgan fingerprint density at radius 1 is 1.00 bits per heavy atom. The number of benzene rings is 1. The summed E-state index contributed by atoms with van der Waals surface area (Å²) in [5, 5.41) is 4.33. The first-order valence-electron chi connectivity index (χ1n) is 12.3. The Bertz CT molecular complexity index is 981. The van der Waals surface area contributed by atoms with Crippen molar-refractivity contribution in [3.63, 3.8) is 0 Å². The number of likely N-dealkylation sites (tertiary alicyclic amines) is 1. The summed E-state index contributed by atoms with van der Waals surface area (Å²) in [5.74, 6) is -0.967. The number of rotatable bonds is 5. The Hall–Kier alpha value is -2.48. The van der Waals surface area contributed by atoms with E-state index in [0.717, 1.165) is 58.0 Å². The van der Waals surface area contributed by atoms with E-state index in [9.17, 15) is 4.79 Å². The number of halogens is 2. The minimum absolute atomic E-state index is 0.138. The van der Waals surface area contributed by atoms with Crippen LogP contribution in [-0.2, 0) is 9.53 Å². The molecule has 8 heteroatoms. The van der Waals surface area contributed by atoms with Crippen LogP contribution in [0.4, 0.5) is 14.5 Å². The lowest BCUT2D eigenvalue weighted by Gasteiger charge is -2.37. The molecule has 0 spiro atoms. The largest absolute Gasteiger partial charge is 0.369 e. The summed E-state index contributed by atoms with van der Waals surface area (Å²) in [6, 6.07) is 3.33. The van der Waals surface area contributed by atoms with Gasteiger partial charge in [-0.15, -0.1) is 0 Å². The van der Waals surface area contributed by atoms with Gasteiger partial charge in [0.1, 0.15) is 6.23 Å². The van der Waals surface area contributed by atoms with E-state index in [1.54, 1.807) is 29.2 Å². The second kappa shape index (κ2) is 9.79. The van der Waals surface area contributed by atoms with Crippen molar-refractivity contribution in [2.75, 3.05) is 37.7 Å². The third-order valence-electron chi connectivity index (χ3n) is 7.28. The third-order valence-corrected chi connectivity index (χ3v) is 7.28. The Balaban J connectivity index is 1.24. The maximum absolute atomic E-state index is 15.1. The quantitative estimate of drug-likeness (QED) is 0.649. The van der Waals surface area contributed by atoms with Gasteiger partial charge in [0.15, 0.2) is 11.6 Å². The lowest BCUT2D eigenvalue weighted by atomic mass is 9.94. The van der Waals surface area contributed by atoms with E-state index in [-0.39, 0.29) is 17.7 Å². The van der Waals surface area contributed by atoms with Crippen LogP contribution in [0.15, 0.2) is 24.5 Å². The number of carbonyl (C=O) groups is 1. The SMILES string of the molecule is O=C1CCCCN1CC1CCN(c2ccc(-c3cnn(C4CCCCO4)c3)c(F)c2F)CC1. The van der Waals surface area contributed by atoms with Crippen LogP contribution in [0, 0.1) is 17.6 Å². The fraction of sp³-hybridized carbons (Fsp3) is 0.600. The molecule has 5 rings (SSSR count). The Kier molecular flexibility index (Phi) is 6.62. The average molecular weight is 459 g/mol. The highest BCUT2D eigenvalue weighted by Crippen LogP contribution is 2.33. The number of hydrogen-bond donors (Lipinski definition) is 0. The number of hydrogen-bond acceptors (Lipinski definition) is 4.